The van der Waals surface area contributed by atoms with Crippen LogP contribution in [0.15, 0.2) is 6.33 Å². The first kappa shape index (κ1) is 6.80. The van der Waals surface area contributed by atoms with Crippen LogP contribution in [0.1, 0.15) is 5.82 Å². The molecule has 0 aliphatic carbocycles. The van der Waals surface area contributed by atoms with Gasteiger partial charge in [0.15, 0.2) is 5.76 Å². The average molecular weight is 139 g/mol. The van der Waals surface area contributed by atoms with Crippen molar-refractivity contribution in [2.45, 2.75) is 0 Å². The summed E-state index contributed by atoms with van der Waals surface area (Å²) in [5.41, 5.74) is 0. The maximum Gasteiger partial charge on any atom is 0.302 e. The van der Waals surface area contributed by atoms with Crippen LogP contribution in [0.2, 0.25) is 0 Å². The predicted molar refractivity (Wildman–Crippen MR) is 34.7 cm³/mol. The molecule has 0 amide bonds. The van der Waals surface area contributed by atoms with E-state index in [-0.39, 0.29) is 5.76 Å². The van der Waals surface area contributed by atoms with E-state index in [1.54, 1.807) is 25.0 Å². The van der Waals surface area contributed by atoms with Crippen LogP contribution in [0.4, 0.5) is 0 Å². The Kier molecular flexibility index (Phi) is 1.45. The molecule has 1 heterocycles. The first-order valence-corrected chi connectivity index (χ1v) is 2.82. The Morgan fingerprint density at radius 2 is 2.50 bits per heavy atom. The van der Waals surface area contributed by atoms with Crippen molar-refractivity contribution in [2.24, 2.45) is 14.1 Å². The quantitative estimate of drug-likeness (QED) is 0.424. The lowest BCUT2D eigenvalue weighted by atomic mass is 10.5. The third-order valence-corrected chi connectivity index (χ3v) is 1.27. The van der Waals surface area contributed by atoms with E-state index in [1.165, 1.54) is 4.68 Å². The maximum atomic E-state index is 8.89. The summed E-state index contributed by atoms with van der Waals surface area (Å²) in [7, 11) is 3.46. The number of aliphatic hydroxyl groups excluding tert-OH is 1. The molecule has 1 aromatic heterocycles. The monoisotopic (exact) mass is 139 g/mol. The molecule has 0 fully saturated rings. The summed E-state index contributed by atoms with van der Waals surface area (Å²) in [5.74, 6) is 0.280. The summed E-state index contributed by atoms with van der Waals surface area (Å²) < 4.78 is 3.13. The number of nitrogens with zero attached hydrogens (tertiary/aromatic N) is 3. The van der Waals surface area contributed by atoms with Gasteiger partial charge in [-0.15, -0.1) is 4.68 Å². The maximum absolute atomic E-state index is 8.89. The second kappa shape index (κ2) is 2.13. The summed E-state index contributed by atoms with van der Waals surface area (Å²) >= 11 is 0. The molecule has 0 saturated heterocycles. The standard InChI is InChI=1S/C6H8N3O/c1-5(10)6-8(2)4-7-9(6)3/h1,4H,2-3H3/p+1. The summed E-state index contributed by atoms with van der Waals surface area (Å²) in [5, 5.41) is 12.7. The topological polar surface area (TPSA) is 41.9 Å². The van der Waals surface area contributed by atoms with E-state index in [9.17, 15) is 0 Å². The zero-order valence-electron chi connectivity index (χ0n) is 5.94. The van der Waals surface area contributed by atoms with Crippen LogP contribution >= 0.6 is 0 Å². The number of aryl methyl sites for hydroxylation is 2. The lowest BCUT2D eigenvalue weighted by Crippen LogP contribution is -2.31. The molecular formula is C6H9N3O+. The number of hydrogen-bond donors (Lipinski definition) is 1. The zero-order chi connectivity index (χ0) is 7.72. The fourth-order valence-corrected chi connectivity index (χ4v) is 0.839. The number of rotatable bonds is 1. The van der Waals surface area contributed by atoms with Crippen molar-refractivity contribution in [3.8, 4) is 0 Å². The fourth-order valence-electron chi connectivity index (χ4n) is 0.839. The third-order valence-electron chi connectivity index (χ3n) is 1.27. The minimum Gasteiger partial charge on any atom is -0.502 e. The SMILES string of the molecule is [CH]=C(O)c1n(C)nc[n+]1C. The van der Waals surface area contributed by atoms with Crippen molar-refractivity contribution >= 4 is 5.76 Å². The lowest BCUT2D eigenvalue weighted by molar-refractivity contribution is -0.675. The minimum absolute atomic E-state index is 0.220. The predicted octanol–water partition coefficient (Wildman–Crippen LogP) is -0.424. The molecule has 1 rings (SSSR count). The molecule has 0 aliphatic heterocycles. The molecule has 4 heteroatoms. The van der Waals surface area contributed by atoms with Gasteiger partial charge in [-0.2, -0.15) is 0 Å². The normalized spacial score (nSPS) is 9.80. The molecule has 0 spiro atoms. The van der Waals surface area contributed by atoms with E-state index in [0.29, 0.717) is 5.82 Å². The summed E-state index contributed by atoms with van der Waals surface area (Å²) in [4.78, 5) is 0. The van der Waals surface area contributed by atoms with Crippen molar-refractivity contribution in [3.63, 3.8) is 0 Å². The molecule has 1 aromatic rings. The van der Waals surface area contributed by atoms with Crippen molar-refractivity contribution in [2.75, 3.05) is 0 Å². The highest BCUT2D eigenvalue weighted by Crippen LogP contribution is 1.97. The van der Waals surface area contributed by atoms with Crippen molar-refractivity contribution in [1.29, 1.82) is 0 Å². The second-order valence-electron chi connectivity index (χ2n) is 2.07. The highest BCUT2D eigenvalue weighted by Gasteiger charge is 2.14. The highest BCUT2D eigenvalue weighted by molar-refractivity contribution is 5.42. The Balaban J connectivity index is 3.23. The zero-order valence-corrected chi connectivity index (χ0v) is 5.94. The van der Waals surface area contributed by atoms with Crippen LogP contribution in [-0.4, -0.2) is 14.9 Å². The highest BCUT2D eigenvalue weighted by atomic mass is 16.3. The number of aliphatic hydroxyl groups is 1. The van der Waals surface area contributed by atoms with E-state index < -0.39 is 0 Å². The summed E-state index contributed by atoms with van der Waals surface area (Å²) in [6, 6.07) is 0. The van der Waals surface area contributed by atoms with Gasteiger partial charge in [0.1, 0.15) is 0 Å². The Labute approximate surface area is 59.0 Å². The van der Waals surface area contributed by atoms with Gasteiger partial charge in [-0.1, -0.05) is 0 Å². The van der Waals surface area contributed by atoms with Gasteiger partial charge in [-0.25, -0.2) is 4.57 Å². The van der Waals surface area contributed by atoms with Crippen molar-refractivity contribution in [1.82, 2.24) is 9.78 Å². The van der Waals surface area contributed by atoms with Gasteiger partial charge in [0, 0.05) is 5.10 Å². The van der Waals surface area contributed by atoms with Gasteiger partial charge in [0.2, 0.25) is 0 Å². The van der Waals surface area contributed by atoms with E-state index in [2.05, 4.69) is 5.10 Å². The Bertz CT molecular complexity index is 244. The van der Waals surface area contributed by atoms with E-state index in [0.717, 1.165) is 0 Å². The smallest absolute Gasteiger partial charge is 0.302 e. The van der Waals surface area contributed by atoms with E-state index >= 15 is 0 Å². The Morgan fingerprint density at radius 3 is 2.70 bits per heavy atom. The van der Waals surface area contributed by atoms with Crippen LogP contribution < -0.4 is 4.57 Å². The van der Waals surface area contributed by atoms with Gasteiger partial charge in [0.05, 0.1) is 14.1 Å². The summed E-state index contributed by atoms with van der Waals surface area (Å²) in [6.07, 6.45) is 1.57. The van der Waals surface area contributed by atoms with Crippen molar-refractivity contribution < 1.29 is 9.67 Å². The van der Waals surface area contributed by atoms with Crippen LogP contribution in [0.25, 0.3) is 5.76 Å². The molecule has 0 unspecified atom stereocenters. The van der Waals surface area contributed by atoms with Gasteiger partial charge in [0.25, 0.3) is 6.33 Å². The molecule has 1 radical (unpaired) electrons. The van der Waals surface area contributed by atoms with Crippen LogP contribution in [0.3, 0.4) is 0 Å². The Morgan fingerprint density at radius 1 is 1.90 bits per heavy atom. The van der Waals surface area contributed by atoms with Crippen LogP contribution in [-0.2, 0) is 14.1 Å². The van der Waals surface area contributed by atoms with Gasteiger partial charge >= 0.3 is 5.82 Å². The van der Waals surface area contributed by atoms with Crippen molar-refractivity contribution in [3.05, 3.63) is 18.7 Å². The van der Waals surface area contributed by atoms with E-state index in [4.69, 9.17) is 11.7 Å². The second-order valence-corrected chi connectivity index (χ2v) is 2.07. The largest absolute Gasteiger partial charge is 0.502 e. The summed E-state index contributed by atoms with van der Waals surface area (Å²) in [6.45, 7) is 5.15. The minimum atomic E-state index is -0.220. The molecular weight excluding hydrogens is 130 g/mol. The van der Waals surface area contributed by atoms with Gasteiger partial charge in [-0.3, -0.25) is 0 Å². The lowest BCUT2D eigenvalue weighted by Gasteiger charge is -1.91. The molecule has 0 aromatic carbocycles. The third kappa shape index (κ3) is 0.877. The first-order chi connectivity index (χ1) is 4.63. The molecule has 0 saturated carbocycles. The van der Waals surface area contributed by atoms with Gasteiger partial charge < -0.3 is 5.11 Å². The van der Waals surface area contributed by atoms with E-state index in [1.807, 2.05) is 0 Å². The Hall–Kier alpha value is -1.32. The molecule has 10 heavy (non-hydrogen) atoms. The average Bonchev–Trinajstić information content (AvgIpc) is 2.11. The van der Waals surface area contributed by atoms with Crippen LogP contribution in [0.5, 0.6) is 0 Å². The molecule has 0 aliphatic rings. The first-order valence-electron chi connectivity index (χ1n) is 2.82. The number of aromatic nitrogens is 3. The molecule has 53 valence electrons. The number of hydrogen-bond acceptors (Lipinski definition) is 2. The fraction of sp³-hybridized carbons (Fsp3) is 0.333. The molecule has 0 bridgehead atoms. The van der Waals surface area contributed by atoms with Crippen LogP contribution in [0, 0.1) is 6.58 Å². The molecule has 0 atom stereocenters. The van der Waals surface area contributed by atoms with Gasteiger partial charge in [-0.05, 0) is 6.58 Å². The molecule has 4 nitrogen and oxygen atoms in total. The molecule has 1 N–H and O–H groups in total.